The van der Waals surface area contributed by atoms with Crippen molar-refractivity contribution in [3.8, 4) is 11.1 Å². The second-order valence-electron chi connectivity index (χ2n) is 6.93. The smallest absolute Gasteiger partial charge is 0.159 e. The highest BCUT2D eigenvalue weighted by atomic mass is 16.3. The fourth-order valence-corrected chi connectivity index (χ4v) is 3.14. The molecule has 0 aliphatic heterocycles. The zero-order valence-corrected chi connectivity index (χ0v) is 15.6. The van der Waals surface area contributed by atoms with Crippen LogP contribution in [0.25, 0.3) is 11.1 Å². The molecule has 1 heterocycles. The lowest BCUT2D eigenvalue weighted by molar-refractivity contribution is 0.101. The standard InChI is InChI=1S/C24H25NO2/c1-18(26)22-5-2-6-23(16-22)21-11-7-19(8-12-21)9-13-24(27)14-10-20-4-3-15-25-17-20/h2-8,11-12,15-17,24,27H,9-10,13-14H2,1H3. The number of benzene rings is 2. The van der Waals surface area contributed by atoms with Gasteiger partial charge in [-0.25, -0.2) is 0 Å². The summed E-state index contributed by atoms with van der Waals surface area (Å²) in [5.41, 5.74) is 5.24. The van der Waals surface area contributed by atoms with Gasteiger partial charge >= 0.3 is 0 Å². The van der Waals surface area contributed by atoms with Crippen LogP contribution in [-0.4, -0.2) is 22.0 Å². The summed E-state index contributed by atoms with van der Waals surface area (Å²) in [4.78, 5) is 15.7. The highest BCUT2D eigenvalue weighted by molar-refractivity contribution is 5.95. The SMILES string of the molecule is CC(=O)c1cccc(-c2ccc(CCC(O)CCc3cccnc3)cc2)c1. The number of rotatable bonds is 8. The Morgan fingerprint density at radius 1 is 0.926 bits per heavy atom. The minimum atomic E-state index is -0.308. The van der Waals surface area contributed by atoms with Gasteiger partial charge in [0, 0.05) is 18.0 Å². The fourth-order valence-electron chi connectivity index (χ4n) is 3.14. The fraction of sp³-hybridized carbons (Fsp3) is 0.250. The number of aliphatic hydroxyl groups excluding tert-OH is 1. The molecule has 1 N–H and O–H groups in total. The van der Waals surface area contributed by atoms with Crippen LogP contribution in [0.15, 0.2) is 73.1 Å². The molecule has 0 aliphatic rings. The van der Waals surface area contributed by atoms with Crippen LogP contribution in [0.4, 0.5) is 0 Å². The van der Waals surface area contributed by atoms with Gasteiger partial charge in [-0.1, -0.05) is 48.5 Å². The van der Waals surface area contributed by atoms with Gasteiger partial charge in [-0.3, -0.25) is 9.78 Å². The Morgan fingerprint density at radius 2 is 1.67 bits per heavy atom. The molecule has 1 aromatic heterocycles. The number of aromatic nitrogens is 1. The van der Waals surface area contributed by atoms with E-state index in [2.05, 4.69) is 29.2 Å². The Hall–Kier alpha value is -2.78. The number of carbonyl (C=O) groups is 1. The van der Waals surface area contributed by atoms with Crippen molar-refractivity contribution < 1.29 is 9.90 Å². The van der Waals surface area contributed by atoms with Crippen molar-refractivity contribution in [1.82, 2.24) is 4.98 Å². The Balaban J connectivity index is 1.53. The Labute approximate surface area is 160 Å². The van der Waals surface area contributed by atoms with E-state index >= 15 is 0 Å². The first kappa shape index (κ1) is 19.0. The summed E-state index contributed by atoms with van der Waals surface area (Å²) in [7, 11) is 0. The van der Waals surface area contributed by atoms with Crippen LogP contribution in [0.3, 0.4) is 0 Å². The van der Waals surface area contributed by atoms with Crippen LogP contribution in [0.1, 0.15) is 41.3 Å². The molecule has 27 heavy (non-hydrogen) atoms. The molecule has 1 unspecified atom stereocenters. The molecule has 0 aliphatic carbocycles. The van der Waals surface area contributed by atoms with Crippen LogP contribution in [-0.2, 0) is 12.8 Å². The van der Waals surface area contributed by atoms with E-state index in [0.29, 0.717) is 0 Å². The summed E-state index contributed by atoms with van der Waals surface area (Å²) in [6, 6.07) is 20.0. The number of Topliss-reactive ketones (excluding diaryl/α,β-unsaturated/α-hetero) is 1. The molecule has 3 rings (SSSR count). The van der Waals surface area contributed by atoms with E-state index in [4.69, 9.17) is 0 Å². The van der Waals surface area contributed by atoms with E-state index in [0.717, 1.165) is 47.9 Å². The van der Waals surface area contributed by atoms with E-state index in [1.165, 1.54) is 5.56 Å². The molecule has 1 atom stereocenters. The predicted octanol–water partition coefficient (Wildman–Crippen LogP) is 4.88. The Bertz CT molecular complexity index is 872. The first-order valence-corrected chi connectivity index (χ1v) is 9.39. The van der Waals surface area contributed by atoms with Crippen molar-refractivity contribution in [2.24, 2.45) is 0 Å². The highest BCUT2D eigenvalue weighted by Crippen LogP contribution is 2.22. The van der Waals surface area contributed by atoms with E-state index in [1.807, 2.05) is 42.6 Å². The second-order valence-corrected chi connectivity index (χ2v) is 6.93. The summed E-state index contributed by atoms with van der Waals surface area (Å²) in [6.45, 7) is 1.59. The molecular formula is C24H25NO2. The molecule has 0 bridgehead atoms. The molecule has 0 radical (unpaired) electrons. The number of carbonyl (C=O) groups excluding carboxylic acids is 1. The number of ketones is 1. The monoisotopic (exact) mass is 359 g/mol. The number of nitrogens with zero attached hydrogens (tertiary/aromatic N) is 1. The molecule has 0 saturated carbocycles. The van der Waals surface area contributed by atoms with Gasteiger partial charge < -0.3 is 5.11 Å². The lowest BCUT2D eigenvalue weighted by atomic mass is 9.98. The first-order chi connectivity index (χ1) is 13.1. The van der Waals surface area contributed by atoms with Gasteiger partial charge in [-0.15, -0.1) is 0 Å². The third-order valence-corrected chi connectivity index (χ3v) is 4.81. The lowest BCUT2D eigenvalue weighted by Gasteiger charge is -2.11. The van der Waals surface area contributed by atoms with E-state index < -0.39 is 0 Å². The number of hydrogen-bond acceptors (Lipinski definition) is 3. The van der Waals surface area contributed by atoms with Gasteiger partial charge in [0.1, 0.15) is 0 Å². The van der Waals surface area contributed by atoms with Crippen molar-refractivity contribution in [2.75, 3.05) is 0 Å². The summed E-state index contributed by atoms with van der Waals surface area (Å²) >= 11 is 0. The van der Waals surface area contributed by atoms with Crippen LogP contribution in [0.2, 0.25) is 0 Å². The molecule has 3 heteroatoms. The van der Waals surface area contributed by atoms with Crippen LogP contribution in [0, 0.1) is 0 Å². The normalized spacial score (nSPS) is 11.9. The largest absolute Gasteiger partial charge is 0.393 e. The summed E-state index contributed by atoms with van der Waals surface area (Å²) in [6.07, 6.45) is 6.51. The molecule has 2 aromatic carbocycles. The zero-order chi connectivity index (χ0) is 19.1. The first-order valence-electron chi connectivity index (χ1n) is 9.39. The summed E-state index contributed by atoms with van der Waals surface area (Å²) in [5.74, 6) is 0.0775. The third kappa shape index (κ3) is 5.60. The maximum absolute atomic E-state index is 11.5. The molecule has 138 valence electrons. The molecule has 0 amide bonds. The third-order valence-electron chi connectivity index (χ3n) is 4.81. The van der Waals surface area contributed by atoms with Crippen molar-refractivity contribution in [1.29, 1.82) is 0 Å². The van der Waals surface area contributed by atoms with E-state index in [1.54, 1.807) is 13.1 Å². The maximum atomic E-state index is 11.5. The average Bonchev–Trinajstić information content (AvgIpc) is 2.72. The molecule has 3 nitrogen and oxygen atoms in total. The van der Waals surface area contributed by atoms with Gasteiger partial charge in [-0.05, 0) is 67.0 Å². The van der Waals surface area contributed by atoms with Gasteiger partial charge in [0.2, 0.25) is 0 Å². The van der Waals surface area contributed by atoms with Gasteiger partial charge in [-0.2, -0.15) is 0 Å². The van der Waals surface area contributed by atoms with Gasteiger partial charge in [0.15, 0.2) is 5.78 Å². The van der Waals surface area contributed by atoms with E-state index in [9.17, 15) is 9.90 Å². The molecule has 0 saturated heterocycles. The van der Waals surface area contributed by atoms with Gasteiger partial charge in [0.05, 0.1) is 6.10 Å². The molecular weight excluding hydrogens is 334 g/mol. The summed E-state index contributed by atoms with van der Waals surface area (Å²) in [5, 5.41) is 10.2. The minimum Gasteiger partial charge on any atom is -0.393 e. The van der Waals surface area contributed by atoms with Crippen molar-refractivity contribution in [2.45, 2.75) is 38.7 Å². The van der Waals surface area contributed by atoms with Crippen molar-refractivity contribution >= 4 is 5.78 Å². The number of hydrogen-bond donors (Lipinski definition) is 1. The zero-order valence-electron chi connectivity index (χ0n) is 15.6. The van der Waals surface area contributed by atoms with Crippen LogP contribution < -0.4 is 0 Å². The van der Waals surface area contributed by atoms with Crippen molar-refractivity contribution in [3.63, 3.8) is 0 Å². The Kier molecular flexibility index (Phi) is 6.50. The summed E-state index contributed by atoms with van der Waals surface area (Å²) < 4.78 is 0. The maximum Gasteiger partial charge on any atom is 0.159 e. The minimum absolute atomic E-state index is 0.0775. The topological polar surface area (TPSA) is 50.2 Å². The van der Waals surface area contributed by atoms with E-state index in [-0.39, 0.29) is 11.9 Å². The predicted molar refractivity (Wildman–Crippen MR) is 109 cm³/mol. The van der Waals surface area contributed by atoms with Crippen LogP contribution in [0.5, 0.6) is 0 Å². The van der Waals surface area contributed by atoms with Crippen molar-refractivity contribution in [3.05, 3.63) is 89.7 Å². The Morgan fingerprint density at radius 3 is 2.33 bits per heavy atom. The lowest BCUT2D eigenvalue weighted by Crippen LogP contribution is -2.09. The second kappa shape index (κ2) is 9.24. The molecule has 0 spiro atoms. The molecule has 0 fully saturated rings. The van der Waals surface area contributed by atoms with Gasteiger partial charge in [0.25, 0.3) is 0 Å². The highest BCUT2D eigenvalue weighted by Gasteiger charge is 2.07. The average molecular weight is 359 g/mol. The molecule has 3 aromatic rings. The number of aliphatic hydroxyl groups is 1. The quantitative estimate of drug-likeness (QED) is 0.583. The number of aryl methyl sites for hydroxylation is 2. The number of pyridine rings is 1. The van der Waals surface area contributed by atoms with Crippen LogP contribution >= 0.6 is 0 Å².